The van der Waals surface area contributed by atoms with Crippen molar-refractivity contribution in [3.05, 3.63) is 108 Å². The van der Waals surface area contributed by atoms with Gasteiger partial charge in [-0.05, 0) is 39.8 Å². The van der Waals surface area contributed by atoms with Crippen LogP contribution in [0.25, 0.3) is 5.57 Å². The lowest BCUT2D eigenvalue weighted by Crippen LogP contribution is -2.12. The molecule has 28 heavy (non-hydrogen) atoms. The van der Waals surface area contributed by atoms with E-state index in [0.29, 0.717) is 4.90 Å². The quantitative estimate of drug-likeness (QED) is 0.544. The van der Waals surface area contributed by atoms with Gasteiger partial charge in [0.25, 0.3) is 0 Å². The van der Waals surface area contributed by atoms with Crippen LogP contribution in [0, 0.1) is 0 Å². The van der Waals surface area contributed by atoms with Gasteiger partial charge in [-0.2, -0.15) is 0 Å². The number of hydrogen-bond donors (Lipinski definition) is 0. The average molecular weight is 391 g/mol. The molecule has 0 aliphatic rings. The summed E-state index contributed by atoms with van der Waals surface area (Å²) < 4.78 is 25.8. The van der Waals surface area contributed by atoms with Crippen molar-refractivity contribution in [1.82, 2.24) is 0 Å². The Morgan fingerprint density at radius 3 is 1.64 bits per heavy atom. The van der Waals surface area contributed by atoms with Crippen molar-refractivity contribution in [3.63, 3.8) is 0 Å². The van der Waals surface area contributed by atoms with Gasteiger partial charge in [-0.15, -0.1) is 0 Å². The van der Waals surface area contributed by atoms with E-state index in [2.05, 4.69) is 20.8 Å². The van der Waals surface area contributed by atoms with Crippen LogP contribution in [0.15, 0.2) is 95.9 Å². The van der Waals surface area contributed by atoms with E-state index in [-0.39, 0.29) is 11.2 Å². The lowest BCUT2D eigenvalue weighted by molar-refractivity contribution is 0.587. The summed E-state index contributed by atoms with van der Waals surface area (Å²) in [7, 11) is -3.41. The van der Waals surface area contributed by atoms with Gasteiger partial charge in [0.15, 0.2) is 9.84 Å². The SMILES string of the molecule is CC(C)(C)c1ccc(S(=O)(=O)CC=C(c2ccccc2)c2ccccc2)cc1. The summed E-state index contributed by atoms with van der Waals surface area (Å²) in [4.78, 5) is 0.359. The molecule has 0 saturated carbocycles. The molecule has 0 radical (unpaired) electrons. The van der Waals surface area contributed by atoms with Gasteiger partial charge >= 0.3 is 0 Å². The second-order valence-corrected chi connectivity index (χ2v) is 9.94. The number of hydrogen-bond acceptors (Lipinski definition) is 2. The lowest BCUT2D eigenvalue weighted by atomic mass is 9.87. The molecule has 0 saturated heterocycles. The fourth-order valence-corrected chi connectivity index (χ4v) is 4.22. The van der Waals surface area contributed by atoms with Gasteiger partial charge in [-0.25, -0.2) is 8.42 Å². The highest BCUT2D eigenvalue weighted by Crippen LogP contribution is 2.26. The van der Waals surface area contributed by atoms with Crippen LogP contribution in [0.2, 0.25) is 0 Å². The van der Waals surface area contributed by atoms with Gasteiger partial charge in [0.2, 0.25) is 0 Å². The predicted octanol–water partition coefficient (Wildman–Crippen LogP) is 5.89. The van der Waals surface area contributed by atoms with E-state index in [4.69, 9.17) is 0 Å². The van der Waals surface area contributed by atoms with E-state index in [0.717, 1.165) is 22.3 Å². The number of sulfone groups is 1. The van der Waals surface area contributed by atoms with Crippen LogP contribution in [-0.2, 0) is 15.3 Å². The molecule has 144 valence electrons. The monoisotopic (exact) mass is 390 g/mol. The molecule has 0 bridgehead atoms. The number of rotatable bonds is 5. The van der Waals surface area contributed by atoms with Crippen LogP contribution >= 0.6 is 0 Å². The normalized spacial score (nSPS) is 11.8. The lowest BCUT2D eigenvalue weighted by Gasteiger charge is -2.19. The van der Waals surface area contributed by atoms with Crippen molar-refractivity contribution >= 4 is 15.4 Å². The minimum absolute atomic E-state index is 0.00399. The van der Waals surface area contributed by atoms with Crippen LogP contribution in [0.3, 0.4) is 0 Å². The molecule has 3 aromatic carbocycles. The molecule has 0 fully saturated rings. The van der Waals surface area contributed by atoms with Crippen LogP contribution in [0.4, 0.5) is 0 Å². The Morgan fingerprint density at radius 2 is 1.21 bits per heavy atom. The standard InChI is InChI=1S/C25H26O2S/c1-25(2,3)22-14-16-23(17-15-22)28(26,27)19-18-24(20-10-6-4-7-11-20)21-12-8-5-9-13-21/h4-18H,19H2,1-3H3. The smallest absolute Gasteiger partial charge is 0.181 e. The van der Waals surface area contributed by atoms with E-state index in [1.165, 1.54) is 0 Å². The summed E-state index contributed by atoms with van der Waals surface area (Å²) >= 11 is 0. The minimum atomic E-state index is -3.41. The first-order valence-electron chi connectivity index (χ1n) is 9.42. The van der Waals surface area contributed by atoms with Crippen molar-refractivity contribution in [2.75, 3.05) is 5.75 Å². The van der Waals surface area contributed by atoms with Crippen molar-refractivity contribution < 1.29 is 8.42 Å². The Labute approximate surface area is 168 Å². The second kappa shape index (κ2) is 8.15. The van der Waals surface area contributed by atoms with E-state index in [9.17, 15) is 8.42 Å². The summed E-state index contributed by atoms with van der Waals surface area (Å²) in [6.07, 6.45) is 1.82. The van der Waals surface area contributed by atoms with Crippen LogP contribution in [-0.4, -0.2) is 14.2 Å². The molecule has 0 unspecified atom stereocenters. The molecule has 3 aromatic rings. The molecule has 0 aliphatic carbocycles. The van der Waals surface area contributed by atoms with Crippen molar-refractivity contribution in [2.24, 2.45) is 0 Å². The molecule has 0 spiro atoms. The molecule has 0 amide bonds. The summed E-state index contributed by atoms with van der Waals surface area (Å²) in [5.41, 5.74) is 4.06. The van der Waals surface area contributed by atoms with Gasteiger partial charge in [0.05, 0.1) is 10.6 Å². The summed E-state index contributed by atoms with van der Waals surface area (Å²) in [5, 5.41) is 0. The van der Waals surface area contributed by atoms with Gasteiger partial charge in [0.1, 0.15) is 0 Å². The Balaban J connectivity index is 1.94. The van der Waals surface area contributed by atoms with Gasteiger partial charge in [-0.1, -0.05) is 99.6 Å². The van der Waals surface area contributed by atoms with Crippen molar-refractivity contribution in [1.29, 1.82) is 0 Å². The molecule has 0 atom stereocenters. The summed E-state index contributed by atoms with van der Waals surface area (Å²) in [6.45, 7) is 6.35. The van der Waals surface area contributed by atoms with Crippen LogP contribution < -0.4 is 0 Å². The molecule has 0 aliphatic heterocycles. The number of benzene rings is 3. The average Bonchev–Trinajstić information content (AvgIpc) is 2.69. The van der Waals surface area contributed by atoms with Gasteiger partial charge in [-0.3, -0.25) is 0 Å². The Bertz CT molecular complexity index is 1000. The molecule has 2 nitrogen and oxygen atoms in total. The van der Waals surface area contributed by atoms with Gasteiger partial charge < -0.3 is 0 Å². The third kappa shape index (κ3) is 4.79. The zero-order valence-electron chi connectivity index (χ0n) is 16.6. The fraction of sp³-hybridized carbons (Fsp3) is 0.200. The van der Waals surface area contributed by atoms with E-state index < -0.39 is 9.84 Å². The predicted molar refractivity (Wildman–Crippen MR) is 117 cm³/mol. The molecule has 3 rings (SSSR count). The van der Waals surface area contributed by atoms with Crippen LogP contribution in [0.5, 0.6) is 0 Å². The Morgan fingerprint density at radius 1 is 0.750 bits per heavy atom. The largest absolute Gasteiger partial charge is 0.223 e. The van der Waals surface area contributed by atoms with Crippen molar-refractivity contribution in [2.45, 2.75) is 31.1 Å². The fourth-order valence-electron chi connectivity index (χ4n) is 3.09. The zero-order chi connectivity index (χ0) is 20.2. The molecule has 3 heteroatoms. The molecule has 0 heterocycles. The summed E-state index contributed by atoms with van der Waals surface area (Å²) in [6, 6.07) is 27.0. The van der Waals surface area contributed by atoms with E-state index in [1.807, 2.05) is 78.9 Å². The van der Waals surface area contributed by atoms with Crippen LogP contribution in [0.1, 0.15) is 37.5 Å². The highest BCUT2D eigenvalue weighted by molar-refractivity contribution is 7.91. The highest BCUT2D eigenvalue weighted by atomic mass is 32.2. The van der Waals surface area contributed by atoms with E-state index >= 15 is 0 Å². The third-order valence-electron chi connectivity index (χ3n) is 4.76. The minimum Gasteiger partial charge on any atom is -0.223 e. The maximum atomic E-state index is 12.9. The first-order valence-corrected chi connectivity index (χ1v) is 11.1. The molecular weight excluding hydrogens is 364 g/mol. The molecular formula is C25H26O2S. The Hall–Kier alpha value is -2.65. The van der Waals surface area contributed by atoms with Gasteiger partial charge in [0, 0.05) is 0 Å². The summed E-state index contributed by atoms with van der Waals surface area (Å²) in [5.74, 6) is -0.0407. The van der Waals surface area contributed by atoms with Crippen molar-refractivity contribution in [3.8, 4) is 0 Å². The topological polar surface area (TPSA) is 34.1 Å². The second-order valence-electron chi connectivity index (χ2n) is 7.91. The maximum Gasteiger partial charge on any atom is 0.181 e. The maximum absolute atomic E-state index is 12.9. The highest BCUT2D eigenvalue weighted by Gasteiger charge is 2.17. The zero-order valence-corrected chi connectivity index (χ0v) is 17.4. The van der Waals surface area contributed by atoms with E-state index in [1.54, 1.807) is 12.1 Å². The molecule has 0 aromatic heterocycles. The first kappa shape index (κ1) is 20.1. The molecule has 0 N–H and O–H groups in total. The Kier molecular flexibility index (Phi) is 5.85. The third-order valence-corrected chi connectivity index (χ3v) is 6.35. The first-order chi connectivity index (χ1) is 13.3.